The number of nitrogens with zero attached hydrogens (tertiary/aromatic N) is 2. The summed E-state index contributed by atoms with van der Waals surface area (Å²) in [6.07, 6.45) is 0. The highest BCUT2D eigenvalue weighted by molar-refractivity contribution is 6.45. The van der Waals surface area contributed by atoms with Crippen LogP contribution in [0.2, 0.25) is 5.02 Å². The number of rotatable bonds is 3. The quantitative estimate of drug-likeness (QED) is 0.514. The second-order valence-corrected chi connectivity index (χ2v) is 7.64. The van der Waals surface area contributed by atoms with Gasteiger partial charge < -0.3 is 14.8 Å². The standard InChI is InChI=1S/C22H19ClFN3O3/c1-13-19(15-4-2-3-5-18(15)25-13)20(28)22(30)27-10-8-26(9-11-27)21(29)16-12-14(23)6-7-17(16)24/h2-7,12,25H,8-11H2,1H3. The first-order chi connectivity index (χ1) is 14.4. The molecule has 1 aliphatic heterocycles. The molecule has 1 aromatic heterocycles. The van der Waals surface area contributed by atoms with Crippen molar-refractivity contribution in [1.82, 2.24) is 14.8 Å². The molecule has 154 valence electrons. The molecule has 8 heteroatoms. The number of halogens is 2. The van der Waals surface area contributed by atoms with Gasteiger partial charge in [-0.25, -0.2) is 4.39 Å². The van der Waals surface area contributed by atoms with Gasteiger partial charge in [0, 0.05) is 47.8 Å². The van der Waals surface area contributed by atoms with E-state index in [1.807, 2.05) is 18.2 Å². The van der Waals surface area contributed by atoms with Crippen LogP contribution in [0.3, 0.4) is 0 Å². The van der Waals surface area contributed by atoms with Crippen LogP contribution < -0.4 is 0 Å². The first-order valence-corrected chi connectivity index (χ1v) is 9.90. The molecule has 4 rings (SSSR count). The molecule has 0 saturated carbocycles. The van der Waals surface area contributed by atoms with E-state index in [-0.39, 0.29) is 36.8 Å². The van der Waals surface area contributed by atoms with Gasteiger partial charge in [0.15, 0.2) is 0 Å². The van der Waals surface area contributed by atoms with E-state index < -0.39 is 23.4 Å². The van der Waals surface area contributed by atoms with Gasteiger partial charge in [0.2, 0.25) is 0 Å². The fraction of sp³-hybridized carbons (Fsp3) is 0.227. The van der Waals surface area contributed by atoms with Crippen molar-refractivity contribution in [3.8, 4) is 0 Å². The van der Waals surface area contributed by atoms with Gasteiger partial charge >= 0.3 is 0 Å². The smallest absolute Gasteiger partial charge is 0.295 e. The average Bonchev–Trinajstić information content (AvgIpc) is 3.09. The van der Waals surface area contributed by atoms with Gasteiger partial charge in [0.1, 0.15) is 5.82 Å². The summed E-state index contributed by atoms with van der Waals surface area (Å²) in [4.78, 5) is 44.4. The van der Waals surface area contributed by atoms with E-state index in [0.29, 0.717) is 16.6 Å². The van der Waals surface area contributed by atoms with Crippen molar-refractivity contribution in [2.24, 2.45) is 0 Å². The number of H-pyrrole nitrogens is 1. The molecule has 30 heavy (non-hydrogen) atoms. The maximum atomic E-state index is 14.0. The Kier molecular flexibility index (Phi) is 5.30. The van der Waals surface area contributed by atoms with Crippen molar-refractivity contribution < 1.29 is 18.8 Å². The minimum atomic E-state index is -0.645. The van der Waals surface area contributed by atoms with Gasteiger partial charge in [-0.3, -0.25) is 14.4 Å². The number of benzene rings is 2. The Morgan fingerprint density at radius 2 is 1.67 bits per heavy atom. The topological polar surface area (TPSA) is 73.5 Å². The lowest BCUT2D eigenvalue weighted by Crippen LogP contribution is -2.52. The molecule has 0 unspecified atom stereocenters. The van der Waals surface area contributed by atoms with Gasteiger partial charge in [0.05, 0.1) is 11.1 Å². The molecule has 1 saturated heterocycles. The van der Waals surface area contributed by atoms with Crippen LogP contribution in [0.25, 0.3) is 10.9 Å². The van der Waals surface area contributed by atoms with E-state index >= 15 is 0 Å². The number of piperazine rings is 1. The number of Topliss-reactive ketones (excluding diaryl/α,β-unsaturated/α-hetero) is 1. The van der Waals surface area contributed by atoms with Crippen molar-refractivity contribution in [2.75, 3.05) is 26.2 Å². The Bertz CT molecular complexity index is 1170. The van der Waals surface area contributed by atoms with Crippen LogP contribution in [0, 0.1) is 12.7 Å². The van der Waals surface area contributed by atoms with Crippen molar-refractivity contribution in [1.29, 1.82) is 0 Å². The zero-order valence-corrected chi connectivity index (χ0v) is 17.0. The van der Waals surface area contributed by atoms with E-state index in [1.165, 1.54) is 21.9 Å². The van der Waals surface area contributed by atoms with Crippen molar-refractivity contribution in [2.45, 2.75) is 6.92 Å². The number of aryl methyl sites for hydroxylation is 1. The summed E-state index contributed by atoms with van der Waals surface area (Å²) in [5, 5.41) is 0.979. The summed E-state index contributed by atoms with van der Waals surface area (Å²) in [7, 11) is 0. The maximum Gasteiger partial charge on any atom is 0.295 e. The molecule has 0 radical (unpaired) electrons. The zero-order chi connectivity index (χ0) is 21.4. The third-order valence-electron chi connectivity index (χ3n) is 5.33. The van der Waals surface area contributed by atoms with E-state index in [0.717, 1.165) is 11.6 Å². The molecule has 1 fully saturated rings. The number of aromatic nitrogens is 1. The fourth-order valence-corrected chi connectivity index (χ4v) is 3.94. The van der Waals surface area contributed by atoms with E-state index in [9.17, 15) is 18.8 Å². The Hall–Kier alpha value is -3.19. The van der Waals surface area contributed by atoms with E-state index in [2.05, 4.69) is 4.98 Å². The number of hydrogen-bond donors (Lipinski definition) is 1. The van der Waals surface area contributed by atoms with Gasteiger partial charge in [-0.1, -0.05) is 29.8 Å². The summed E-state index contributed by atoms with van der Waals surface area (Å²) in [5.41, 5.74) is 1.70. The summed E-state index contributed by atoms with van der Waals surface area (Å²) in [6.45, 7) is 2.56. The molecule has 2 heterocycles. The fourth-order valence-electron chi connectivity index (χ4n) is 3.76. The predicted molar refractivity (Wildman–Crippen MR) is 111 cm³/mol. The lowest BCUT2D eigenvalue weighted by atomic mass is 10.1. The molecular weight excluding hydrogens is 409 g/mol. The molecular formula is C22H19ClFN3O3. The van der Waals surface area contributed by atoms with Crippen LogP contribution in [0.4, 0.5) is 4.39 Å². The Labute approximate surface area is 177 Å². The molecule has 6 nitrogen and oxygen atoms in total. The van der Waals surface area contributed by atoms with E-state index in [4.69, 9.17) is 11.6 Å². The molecule has 2 aromatic carbocycles. The minimum absolute atomic E-state index is 0.104. The highest BCUT2D eigenvalue weighted by Crippen LogP contribution is 2.23. The average molecular weight is 428 g/mol. The van der Waals surface area contributed by atoms with Crippen LogP contribution in [0.1, 0.15) is 26.4 Å². The number of nitrogens with one attached hydrogen (secondary N) is 1. The molecule has 0 bridgehead atoms. The highest BCUT2D eigenvalue weighted by Gasteiger charge is 2.31. The van der Waals surface area contributed by atoms with Crippen molar-refractivity contribution in [3.05, 3.63) is 70.1 Å². The lowest BCUT2D eigenvalue weighted by molar-refractivity contribution is -0.127. The highest BCUT2D eigenvalue weighted by atomic mass is 35.5. The third kappa shape index (κ3) is 3.57. The number of fused-ring (bicyclic) bond motifs is 1. The summed E-state index contributed by atoms with van der Waals surface area (Å²) in [5.74, 6) is -2.32. The molecule has 3 aromatic rings. The van der Waals surface area contributed by atoms with Gasteiger partial charge in [0.25, 0.3) is 17.6 Å². The number of ketones is 1. The Morgan fingerprint density at radius 1 is 1.00 bits per heavy atom. The molecule has 1 aliphatic rings. The number of para-hydroxylation sites is 1. The second kappa shape index (κ2) is 7.91. The zero-order valence-electron chi connectivity index (χ0n) is 16.2. The van der Waals surface area contributed by atoms with Crippen molar-refractivity contribution >= 4 is 40.1 Å². The molecule has 2 amide bonds. The molecule has 0 spiro atoms. The number of carbonyl (C=O) groups is 3. The first kappa shape index (κ1) is 20.1. The Morgan fingerprint density at radius 3 is 2.40 bits per heavy atom. The van der Waals surface area contributed by atoms with Crippen LogP contribution >= 0.6 is 11.6 Å². The monoisotopic (exact) mass is 427 g/mol. The summed E-state index contributed by atoms with van der Waals surface area (Å²) >= 11 is 5.87. The van der Waals surface area contributed by atoms with E-state index in [1.54, 1.807) is 13.0 Å². The van der Waals surface area contributed by atoms with Crippen LogP contribution in [0.15, 0.2) is 42.5 Å². The summed E-state index contributed by atoms with van der Waals surface area (Å²) in [6, 6.07) is 11.1. The second-order valence-electron chi connectivity index (χ2n) is 7.21. The lowest BCUT2D eigenvalue weighted by Gasteiger charge is -2.34. The minimum Gasteiger partial charge on any atom is -0.358 e. The normalized spacial score (nSPS) is 14.2. The SMILES string of the molecule is Cc1[nH]c2ccccc2c1C(=O)C(=O)N1CCN(C(=O)c2cc(Cl)ccc2F)CC1. The van der Waals surface area contributed by atoms with Gasteiger partial charge in [-0.05, 0) is 31.2 Å². The third-order valence-corrected chi connectivity index (χ3v) is 5.56. The maximum absolute atomic E-state index is 14.0. The van der Waals surface area contributed by atoms with Crippen LogP contribution in [-0.2, 0) is 4.79 Å². The van der Waals surface area contributed by atoms with Crippen LogP contribution in [0.5, 0.6) is 0 Å². The van der Waals surface area contributed by atoms with Crippen LogP contribution in [-0.4, -0.2) is 58.6 Å². The summed E-state index contributed by atoms with van der Waals surface area (Å²) < 4.78 is 14.0. The van der Waals surface area contributed by atoms with Crippen molar-refractivity contribution in [3.63, 3.8) is 0 Å². The molecule has 0 aliphatic carbocycles. The Balaban J connectivity index is 1.46. The molecule has 0 atom stereocenters. The number of aromatic amines is 1. The number of hydrogen-bond acceptors (Lipinski definition) is 3. The first-order valence-electron chi connectivity index (χ1n) is 9.52. The predicted octanol–water partition coefficient (Wildman–Crippen LogP) is 3.44. The van der Waals surface area contributed by atoms with Gasteiger partial charge in [-0.2, -0.15) is 0 Å². The van der Waals surface area contributed by atoms with Gasteiger partial charge in [-0.15, -0.1) is 0 Å². The molecule has 1 N–H and O–H groups in total. The number of carbonyl (C=O) groups excluding carboxylic acids is 3. The largest absolute Gasteiger partial charge is 0.358 e. The number of amides is 2.